The van der Waals surface area contributed by atoms with E-state index in [4.69, 9.17) is 10.8 Å². The molecule has 1 rings (SSSR count). The number of esters is 1. The number of amides is 2. The van der Waals surface area contributed by atoms with Gasteiger partial charge in [-0.25, -0.2) is 9.59 Å². The number of hydrogen-bond acceptors (Lipinski definition) is 4. The number of carboxylic acid groups (broad SMARTS) is 1. The van der Waals surface area contributed by atoms with E-state index in [1.165, 1.54) is 13.2 Å². The Bertz CT molecular complexity index is 515. The van der Waals surface area contributed by atoms with Crippen molar-refractivity contribution >= 4 is 23.7 Å². The average molecular weight is 280 g/mol. The highest BCUT2D eigenvalue weighted by molar-refractivity contribution is 6.01. The zero-order chi connectivity index (χ0) is 15.1. The largest absolute Gasteiger partial charge is 0.481 e. The van der Waals surface area contributed by atoms with Gasteiger partial charge in [0, 0.05) is 13.0 Å². The van der Waals surface area contributed by atoms with Crippen molar-refractivity contribution in [3.8, 4) is 0 Å². The number of ether oxygens (including phenoxy) is 1. The van der Waals surface area contributed by atoms with Crippen LogP contribution in [0.15, 0.2) is 24.3 Å². The highest BCUT2D eigenvalue weighted by Crippen LogP contribution is 2.21. The van der Waals surface area contributed by atoms with Crippen LogP contribution >= 0.6 is 0 Å². The third-order valence-electron chi connectivity index (χ3n) is 2.64. The van der Waals surface area contributed by atoms with Gasteiger partial charge in [-0.05, 0) is 18.6 Å². The first-order valence-corrected chi connectivity index (χ1v) is 5.93. The number of urea groups is 1. The number of hydrogen-bond donors (Lipinski definition) is 2. The van der Waals surface area contributed by atoms with Gasteiger partial charge in [0.1, 0.15) is 0 Å². The smallest absolute Gasteiger partial charge is 0.339 e. The number of anilines is 1. The minimum Gasteiger partial charge on any atom is -0.481 e. The lowest BCUT2D eigenvalue weighted by atomic mass is 10.1. The first-order chi connectivity index (χ1) is 9.47. The minimum absolute atomic E-state index is 0.0931. The summed E-state index contributed by atoms with van der Waals surface area (Å²) in [5.74, 6) is -1.55. The summed E-state index contributed by atoms with van der Waals surface area (Å²) in [6.45, 7) is 0.107. The topological polar surface area (TPSA) is 110 Å². The highest BCUT2D eigenvalue weighted by Gasteiger charge is 2.20. The molecule has 0 aromatic heterocycles. The molecule has 0 heterocycles. The van der Waals surface area contributed by atoms with Crippen molar-refractivity contribution in [2.24, 2.45) is 5.73 Å². The molecule has 0 saturated heterocycles. The van der Waals surface area contributed by atoms with Gasteiger partial charge in [-0.1, -0.05) is 12.1 Å². The van der Waals surface area contributed by atoms with Crippen molar-refractivity contribution in [3.05, 3.63) is 29.8 Å². The van der Waals surface area contributed by atoms with Crippen LogP contribution in [0.4, 0.5) is 10.5 Å². The molecular formula is C13H16N2O5. The molecule has 0 spiro atoms. The fourth-order valence-corrected chi connectivity index (χ4v) is 1.73. The van der Waals surface area contributed by atoms with Crippen molar-refractivity contribution in [2.45, 2.75) is 12.8 Å². The minimum atomic E-state index is -0.962. The van der Waals surface area contributed by atoms with Crippen molar-refractivity contribution in [1.82, 2.24) is 0 Å². The van der Waals surface area contributed by atoms with Crippen LogP contribution in [0.25, 0.3) is 0 Å². The summed E-state index contributed by atoms with van der Waals surface area (Å²) in [5.41, 5.74) is 5.78. The highest BCUT2D eigenvalue weighted by atomic mass is 16.5. The van der Waals surface area contributed by atoms with Gasteiger partial charge in [0.05, 0.1) is 18.4 Å². The average Bonchev–Trinajstić information content (AvgIpc) is 2.42. The van der Waals surface area contributed by atoms with Crippen LogP contribution in [0.2, 0.25) is 0 Å². The fourth-order valence-electron chi connectivity index (χ4n) is 1.73. The summed E-state index contributed by atoms with van der Waals surface area (Å²) >= 11 is 0. The molecule has 0 unspecified atom stereocenters. The molecule has 1 aromatic rings. The summed E-state index contributed by atoms with van der Waals surface area (Å²) < 4.78 is 4.64. The number of primary amides is 1. The van der Waals surface area contributed by atoms with Crippen LogP contribution in [0.5, 0.6) is 0 Å². The van der Waals surface area contributed by atoms with Crippen molar-refractivity contribution in [3.63, 3.8) is 0 Å². The molecule has 0 fully saturated rings. The summed E-state index contributed by atoms with van der Waals surface area (Å²) in [4.78, 5) is 34.8. The molecule has 0 radical (unpaired) electrons. The Kier molecular flexibility index (Phi) is 5.52. The molecule has 20 heavy (non-hydrogen) atoms. The van der Waals surface area contributed by atoms with E-state index in [1.807, 2.05) is 0 Å². The fraction of sp³-hybridized carbons (Fsp3) is 0.308. The van der Waals surface area contributed by atoms with Gasteiger partial charge < -0.3 is 15.6 Å². The van der Waals surface area contributed by atoms with E-state index >= 15 is 0 Å². The molecular weight excluding hydrogens is 264 g/mol. The van der Waals surface area contributed by atoms with E-state index in [-0.39, 0.29) is 24.9 Å². The van der Waals surface area contributed by atoms with E-state index in [1.54, 1.807) is 18.2 Å². The van der Waals surface area contributed by atoms with Crippen LogP contribution in [-0.2, 0) is 9.53 Å². The standard InChI is InChI=1S/C13H16N2O5/c1-20-12(18)9-5-2-3-6-10(9)15(13(14)19)8-4-7-11(16)17/h2-3,5-6H,4,7-8H2,1H3,(H2,14,19)(H,16,17). The molecule has 0 aliphatic rings. The summed E-state index contributed by atoms with van der Waals surface area (Å²) in [7, 11) is 1.23. The lowest BCUT2D eigenvalue weighted by Crippen LogP contribution is -2.37. The third kappa shape index (κ3) is 3.98. The van der Waals surface area contributed by atoms with E-state index in [0.717, 1.165) is 4.90 Å². The van der Waals surface area contributed by atoms with Gasteiger partial charge in [-0.3, -0.25) is 9.69 Å². The predicted molar refractivity (Wildman–Crippen MR) is 71.6 cm³/mol. The second-order valence-electron chi connectivity index (χ2n) is 4.00. The van der Waals surface area contributed by atoms with E-state index in [0.29, 0.717) is 5.69 Å². The molecule has 0 atom stereocenters. The summed E-state index contributed by atoms with van der Waals surface area (Å²) in [5, 5.41) is 8.61. The van der Waals surface area contributed by atoms with Gasteiger partial charge in [0.25, 0.3) is 0 Å². The maximum Gasteiger partial charge on any atom is 0.339 e. The normalized spacial score (nSPS) is 9.85. The van der Waals surface area contributed by atoms with Gasteiger partial charge in [0.15, 0.2) is 0 Å². The maximum absolute atomic E-state index is 11.6. The zero-order valence-electron chi connectivity index (χ0n) is 11.0. The third-order valence-corrected chi connectivity index (χ3v) is 2.64. The van der Waals surface area contributed by atoms with Crippen molar-refractivity contribution in [1.29, 1.82) is 0 Å². The molecule has 3 N–H and O–H groups in total. The van der Waals surface area contributed by atoms with Crippen molar-refractivity contribution in [2.75, 3.05) is 18.6 Å². The number of benzene rings is 1. The number of para-hydroxylation sites is 1. The van der Waals surface area contributed by atoms with E-state index < -0.39 is 18.0 Å². The van der Waals surface area contributed by atoms with Gasteiger partial charge in [0.2, 0.25) is 0 Å². The van der Waals surface area contributed by atoms with Crippen LogP contribution in [0, 0.1) is 0 Å². The van der Waals surface area contributed by atoms with Crippen LogP contribution in [-0.4, -0.2) is 36.7 Å². The number of nitrogens with two attached hydrogens (primary N) is 1. The molecule has 2 amide bonds. The maximum atomic E-state index is 11.6. The molecule has 7 nitrogen and oxygen atoms in total. The Morgan fingerprint density at radius 1 is 1.30 bits per heavy atom. The van der Waals surface area contributed by atoms with Gasteiger partial charge in [-0.2, -0.15) is 0 Å². The Balaban J connectivity index is 3.00. The Morgan fingerprint density at radius 2 is 1.95 bits per heavy atom. The second-order valence-corrected chi connectivity index (χ2v) is 4.00. The number of carboxylic acids is 1. The van der Waals surface area contributed by atoms with Crippen LogP contribution in [0.1, 0.15) is 23.2 Å². The Labute approximate surface area is 115 Å². The number of aliphatic carboxylic acids is 1. The quantitative estimate of drug-likeness (QED) is 0.761. The predicted octanol–water partition coefficient (Wildman–Crippen LogP) is 1.22. The number of carbonyl (C=O) groups is 3. The lowest BCUT2D eigenvalue weighted by molar-refractivity contribution is -0.137. The lowest BCUT2D eigenvalue weighted by Gasteiger charge is -2.22. The number of rotatable bonds is 6. The zero-order valence-corrected chi connectivity index (χ0v) is 11.0. The first kappa shape index (κ1) is 15.5. The summed E-state index contributed by atoms with van der Waals surface area (Å²) in [6.07, 6.45) is 0.137. The van der Waals surface area contributed by atoms with Crippen molar-refractivity contribution < 1.29 is 24.2 Å². The number of carbonyl (C=O) groups excluding carboxylic acids is 2. The van der Waals surface area contributed by atoms with E-state index in [9.17, 15) is 14.4 Å². The van der Waals surface area contributed by atoms with Gasteiger partial charge in [-0.15, -0.1) is 0 Å². The number of methoxy groups -OCH3 is 1. The molecule has 1 aromatic carbocycles. The molecule has 0 aliphatic carbocycles. The Morgan fingerprint density at radius 3 is 2.50 bits per heavy atom. The number of nitrogens with zero attached hydrogens (tertiary/aromatic N) is 1. The molecule has 0 saturated carbocycles. The summed E-state index contributed by atoms with van der Waals surface area (Å²) in [6, 6.07) is 5.58. The SMILES string of the molecule is COC(=O)c1ccccc1N(CCCC(=O)O)C(N)=O. The van der Waals surface area contributed by atoms with Crippen LogP contribution < -0.4 is 10.6 Å². The van der Waals surface area contributed by atoms with Gasteiger partial charge >= 0.3 is 18.0 Å². The Hall–Kier alpha value is -2.57. The van der Waals surface area contributed by atoms with E-state index in [2.05, 4.69) is 4.74 Å². The monoisotopic (exact) mass is 280 g/mol. The molecule has 108 valence electrons. The molecule has 0 aliphatic heterocycles. The second kappa shape index (κ2) is 7.13. The molecule has 7 heteroatoms. The first-order valence-electron chi connectivity index (χ1n) is 5.93. The molecule has 0 bridgehead atoms. The van der Waals surface area contributed by atoms with Crippen LogP contribution in [0.3, 0.4) is 0 Å².